The van der Waals surface area contributed by atoms with E-state index in [1.165, 1.54) is 24.1 Å². The van der Waals surface area contributed by atoms with Crippen molar-refractivity contribution in [1.29, 1.82) is 0 Å². The summed E-state index contributed by atoms with van der Waals surface area (Å²) in [7, 11) is -3.18. The number of hydrogen-bond donors (Lipinski definition) is 1. The van der Waals surface area contributed by atoms with Gasteiger partial charge in [0.15, 0.2) is 0 Å². The molecule has 0 aliphatic carbocycles. The second-order valence-corrected chi connectivity index (χ2v) is 12.3. The molecule has 14 heteroatoms. The number of rotatable bonds is 13. The molecule has 0 spiro atoms. The predicted molar refractivity (Wildman–Crippen MR) is 156 cm³/mol. The summed E-state index contributed by atoms with van der Waals surface area (Å²) in [6, 6.07) is 15.0. The topological polar surface area (TPSA) is 82.7 Å². The maximum atomic E-state index is 13.8. The lowest BCUT2D eigenvalue weighted by Crippen LogP contribution is -2.44. The lowest BCUT2D eigenvalue weighted by molar-refractivity contribution is -0.138. The van der Waals surface area contributed by atoms with E-state index in [0.717, 1.165) is 51.1 Å². The van der Waals surface area contributed by atoms with Gasteiger partial charge in [-0.25, -0.2) is 8.42 Å². The first kappa shape index (κ1) is 34.0. The standard InChI is InChI=1S/C31H31F6N3O4S/c1-44-17-5-15-40(45(42,43)26-7-4-6-25(18-26)31(35,36)37)21-29(41)39(20-22-10-12-24(13-11-22)30(32,33)34)16-14-23-19-38-28-9-3-2-8-27(23)28/h2-4,6-13,18-19,38H,5,14-17,20-21H2,1H3. The molecule has 0 aliphatic rings. The fourth-order valence-electron chi connectivity index (χ4n) is 4.81. The van der Waals surface area contributed by atoms with Gasteiger partial charge in [0.05, 0.1) is 22.6 Å². The number of sulfonamides is 1. The molecule has 0 bridgehead atoms. The second kappa shape index (κ2) is 14.0. The number of hydrogen-bond acceptors (Lipinski definition) is 4. The molecule has 0 atom stereocenters. The molecular weight excluding hydrogens is 624 g/mol. The van der Waals surface area contributed by atoms with Crippen LogP contribution in [0.5, 0.6) is 0 Å². The highest BCUT2D eigenvalue weighted by molar-refractivity contribution is 7.89. The first-order valence-electron chi connectivity index (χ1n) is 13.9. The third-order valence-corrected chi connectivity index (χ3v) is 9.04. The molecule has 3 aromatic carbocycles. The Bertz CT molecular complexity index is 1700. The number of aromatic nitrogens is 1. The number of nitrogens with one attached hydrogen (secondary N) is 1. The molecule has 0 saturated carbocycles. The highest BCUT2D eigenvalue weighted by Crippen LogP contribution is 2.32. The van der Waals surface area contributed by atoms with E-state index in [-0.39, 0.29) is 32.7 Å². The number of H-pyrrole nitrogens is 1. The molecule has 1 aromatic heterocycles. The average molecular weight is 656 g/mol. The molecule has 0 saturated heterocycles. The minimum atomic E-state index is -4.79. The highest BCUT2D eigenvalue weighted by Gasteiger charge is 2.34. The third kappa shape index (κ3) is 8.65. The Morgan fingerprint density at radius 2 is 1.56 bits per heavy atom. The van der Waals surface area contributed by atoms with Crippen LogP contribution in [0.4, 0.5) is 26.3 Å². The monoisotopic (exact) mass is 655 g/mol. The van der Waals surface area contributed by atoms with E-state index >= 15 is 0 Å². The number of nitrogens with zero attached hydrogens (tertiary/aromatic N) is 2. The van der Waals surface area contributed by atoms with Crippen molar-refractivity contribution in [3.05, 3.63) is 101 Å². The Morgan fingerprint density at radius 1 is 0.867 bits per heavy atom. The number of alkyl halides is 6. The van der Waals surface area contributed by atoms with Gasteiger partial charge in [-0.15, -0.1) is 0 Å². The van der Waals surface area contributed by atoms with Crippen molar-refractivity contribution < 1.29 is 44.3 Å². The molecule has 0 radical (unpaired) electrons. The van der Waals surface area contributed by atoms with Crippen molar-refractivity contribution in [3.8, 4) is 0 Å². The summed E-state index contributed by atoms with van der Waals surface area (Å²) < 4.78 is 112. The average Bonchev–Trinajstić information content (AvgIpc) is 3.41. The van der Waals surface area contributed by atoms with Crippen LogP contribution in [-0.4, -0.2) is 61.9 Å². The molecule has 7 nitrogen and oxygen atoms in total. The Hall–Kier alpha value is -3.88. The SMILES string of the molecule is COCCCN(CC(=O)N(CCc1c[nH]c2ccccc12)Cc1ccc(C(F)(F)F)cc1)S(=O)(=O)c1cccc(C(F)(F)F)c1. The molecule has 0 fully saturated rings. The van der Waals surface area contributed by atoms with E-state index in [2.05, 4.69) is 4.98 Å². The zero-order valence-electron chi connectivity index (χ0n) is 24.2. The fourth-order valence-corrected chi connectivity index (χ4v) is 6.28. The van der Waals surface area contributed by atoms with E-state index in [0.29, 0.717) is 18.1 Å². The summed E-state index contributed by atoms with van der Waals surface area (Å²) in [4.78, 5) is 17.6. The molecule has 4 rings (SSSR count). The summed E-state index contributed by atoms with van der Waals surface area (Å²) in [5, 5.41) is 0.910. The van der Waals surface area contributed by atoms with Gasteiger partial charge in [0.1, 0.15) is 0 Å². The molecule has 242 valence electrons. The van der Waals surface area contributed by atoms with Crippen LogP contribution in [0.15, 0.2) is 83.9 Å². The first-order valence-corrected chi connectivity index (χ1v) is 15.3. The molecule has 0 unspecified atom stereocenters. The zero-order chi connectivity index (χ0) is 32.8. The van der Waals surface area contributed by atoms with Crippen molar-refractivity contribution >= 4 is 26.8 Å². The van der Waals surface area contributed by atoms with Crippen molar-refractivity contribution in [2.24, 2.45) is 0 Å². The Kier molecular flexibility index (Phi) is 10.6. The van der Waals surface area contributed by atoms with Crippen LogP contribution in [0.3, 0.4) is 0 Å². The van der Waals surface area contributed by atoms with Crippen LogP contribution >= 0.6 is 0 Å². The van der Waals surface area contributed by atoms with Gasteiger partial charge in [0.25, 0.3) is 0 Å². The fraction of sp³-hybridized carbons (Fsp3) is 0.323. The maximum absolute atomic E-state index is 13.8. The number of amides is 1. The van der Waals surface area contributed by atoms with Crippen LogP contribution in [-0.2, 0) is 44.9 Å². The molecule has 1 heterocycles. The quantitative estimate of drug-likeness (QED) is 0.132. The normalized spacial score (nSPS) is 12.6. The van der Waals surface area contributed by atoms with Crippen LogP contribution in [0.25, 0.3) is 10.9 Å². The minimum Gasteiger partial charge on any atom is -0.385 e. The number of halogens is 6. The first-order chi connectivity index (χ1) is 21.2. The number of para-hydroxylation sites is 1. The van der Waals surface area contributed by atoms with Crippen molar-refractivity contribution in [3.63, 3.8) is 0 Å². The van der Waals surface area contributed by atoms with Crippen molar-refractivity contribution in [2.75, 3.05) is 33.4 Å². The van der Waals surface area contributed by atoms with Gasteiger partial charge in [0.2, 0.25) is 15.9 Å². The van der Waals surface area contributed by atoms with Crippen LogP contribution in [0.2, 0.25) is 0 Å². The van der Waals surface area contributed by atoms with E-state index in [4.69, 9.17) is 4.74 Å². The summed E-state index contributed by atoms with van der Waals surface area (Å²) in [6.07, 6.45) is -7.08. The van der Waals surface area contributed by atoms with Gasteiger partial charge in [0, 0.05) is 50.5 Å². The number of carbonyl (C=O) groups is 1. The van der Waals surface area contributed by atoms with Gasteiger partial charge in [-0.1, -0.05) is 36.4 Å². The van der Waals surface area contributed by atoms with Gasteiger partial charge < -0.3 is 14.6 Å². The van der Waals surface area contributed by atoms with E-state index in [1.807, 2.05) is 24.3 Å². The van der Waals surface area contributed by atoms with Crippen molar-refractivity contribution in [2.45, 2.75) is 36.6 Å². The zero-order valence-corrected chi connectivity index (χ0v) is 25.0. The number of benzene rings is 3. The molecule has 1 amide bonds. The predicted octanol–water partition coefficient (Wildman–Crippen LogP) is 6.50. The summed E-state index contributed by atoms with van der Waals surface area (Å²) in [5.74, 6) is -0.678. The van der Waals surface area contributed by atoms with Gasteiger partial charge in [-0.3, -0.25) is 4.79 Å². The lowest BCUT2D eigenvalue weighted by Gasteiger charge is -2.28. The van der Waals surface area contributed by atoms with Gasteiger partial charge in [-0.2, -0.15) is 30.6 Å². The van der Waals surface area contributed by atoms with E-state index < -0.39 is 50.9 Å². The maximum Gasteiger partial charge on any atom is 0.416 e. The molecule has 0 aliphatic heterocycles. The number of carbonyl (C=O) groups excluding carboxylic acids is 1. The van der Waals surface area contributed by atoms with Crippen LogP contribution in [0, 0.1) is 0 Å². The number of methoxy groups -OCH3 is 1. The Balaban J connectivity index is 1.63. The number of fused-ring (bicyclic) bond motifs is 1. The third-order valence-electron chi connectivity index (χ3n) is 7.20. The van der Waals surface area contributed by atoms with E-state index in [1.54, 1.807) is 6.20 Å². The lowest BCUT2D eigenvalue weighted by atomic mass is 10.1. The van der Waals surface area contributed by atoms with Crippen LogP contribution < -0.4 is 0 Å². The van der Waals surface area contributed by atoms with Crippen molar-refractivity contribution in [1.82, 2.24) is 14.2 Å². The summed E-state index contributed by atoms with van der Waals surface area (Å²) >= 11 is 0. The Morgan fingerprint density at radius 3 is 2.22 bits per heavy atom. The molecular formula is C31H31F6N3O4S. The smallest absolute Gasteiger partial charge is 0.385 e. The molecule has 4 aromatic rings. The number of ether oxygens (including phenoxy) is 1. The minimum absolute atomic E-state index is 0.0806. The largest absolute Gasteiger partial charge is 0.416 e. The number of aromatic amines is 1. The molecule has 45 heavy (non-hydrogen) atoms. The summed E-state index contributed by atoms with van der Waals surface area (Å²) in [5.41, 5.74) is 0.0877. The molecule has 1 N–H and O–H groups in total. The highest BCUT2D eigenvalue weighted by atomic mass is 32.2. The van der Waals surface area contributed by atoms with Crippen LogP contribution in [0.1, 0.15) is 28.7 Å². The second-order valence-electron chi connectivity index (χ2n) is 10.3. The van der Waals surface area contributed by atoms with Gasteiger partial charge >= 0.3 is 12.4 Å². The van der Waals surface area contributed by atoms with Gasteiger partial charge in [-0.05, 0) is 60.4 Å². The van der Waals surface area contributed by atoms with E-state index in [9.17, 15) is 39.6 Å². The Labute approximate surface area is 256 Å². The summed E-state index contributed by atoms with van der Waals surface area (Å²) in [6.45, 7) is -0.865.